The number of nitrogens with zero attached hydrogens (tertiary/aromatic N) is 2. The van der Waals surface area contributed by atoms with Crippen LogP contribution < -0.4 is 10.5 Å². The number of rotatable bonds is 4. The van der Waals surface area contributed by atoms with Crippen molar-refractivity contribution in [1.29, 1.82) is 0 Å². The standard InChI is InChI=1S/C10H10F3N3O2/c11-10(12,13)9(15-16-9)6-3-7(14)5-8(4-6)18-2-1-17/h3-5,17H,1-2,14H2. The van der Waals surface area contributed by atoms with E-state index in [0.29, 0.717) is 0 Å². The van der Waals surface area contributed by atoms with E-state index in [1.807, 2.05) is 0 Å². The Hall–Kier alpha value is -1.83. The number of alkyl halides is 3. The van der Waals surface area contributed by atoms with Gasteiger partial charge >= 0.3 is 11.8 Å². The lowest BCUT2D eigenvalue weighted by atomic mass is 10.0. The van der Waals surface area contributed by atoms with Gasteiger partial charge in [0.15, 0.2) is 0 Å². The van der Waals surface area contributed by atoms with Crippen molar-refractivity contribution in [2.45, 2.75) is 11.8 Å². The summed E-state index contributed by atoms with van der Waals surface area (Å²) in [4.78, 5) is 0. The number of aliphatic hydroxyl groups excluding tert-OH is 1. The van der Waals surface area contributed by atoms with Gasteiger partial charge in [-0.1, -0.05) is 0 Å². The normalized spacial score (nSPS) is 16.7. The largest absolute Gasteiger partial charge is 0.491 e. The van der Waals surface area contributed by atoms with Crippen LogP contribution in [0.5, 0.6) is 5.75 Å². The smallest absolute Gasteiger partial charge is 0.442 e. The fourth-order valence-corrected chi connectivity index (χ4v) is 1.51. The van der Waals surface area contributed by atoms with Crippen LogP contribution in [0.1, 0.15) is 5.56 Å². The molecule has 0 fully saturated rings. The maximum absolute atomic E-state index is 12.8. The number of aliphatic hydroxyl groups is 1. The first-order chi connectivity index (χ1) is 8.39. The number of hydrogen-bond donors (Lipinski definition) is 2. The molecule has 8 heteroatoms. The van der Waals surface area contributed by atoms with Gasteiger partial charge in [-0.05, 0) is 12.1 Å². The Kier molecular flexibility index (Phi) is 2.89. The molecule has 1 heterocycles. The second-order valence-corrected chi connectivity index (χ2v) is 3.73. The average molecular weight is 261 g/mol. The summed E-state index contributed by atoms with van der Waals surface area (Å²) in [5.74, 6) is 0.139. The van der Waals surface area contributed by atoms with Crippen LogP contribution in [0.4, 0.5) is 18.9 Å². The van der Waals surface area contributed by atoms with E-state index in [2.05, 4.69) is 10.2 Å². The maximum atomic E-state index is 12.8. The summed E-state index contributed by atoms with van der Waals surface area (Å²) in [6.07, 6.45) is -4.60. The number of nitrogen functional groups attached to an aromatic ring is 1. The predicted octanol–water partition coefficient (Wildman–Crippen LogP) is 1.82. The van der Waals surface area contributed by atoms with E-state index in [1.54, 1.807) is 0 Å². The first kappa shape index (κ1) is 12.6. The third-order valence-corrected chi connectivity index (χ3v) is 2.39. The number of ether oxygens (including phenoxy) is 1. The van der Waals surface area contributed by atoms with E-state index in [1.165, 1.54) is 12.1 Å². The molecule has 0 saturated carbocycles. The zero-order valence-corrected chi connectivity index (χ0v) is 9.11. The van der Waals surface area contributed by atoms with Crippen LogP contribution in [0, 0.1) is 0 Å². The quantitative estimate of drug-likeness (QED) is 0.811. The summed E-state index contributed by atoms with van der Waals surface area (Å²) in [5.41, 5.74) is 2.91. The molecule has 0 unspecified atom stereocenters. The SMILES string of the molecule is Nc1cc(OCCO)cc(C2(C(F)(F)F)N=N2)c1. The van der Waals surface area contributed by atoms with E-state index in [4.69, 9.17) is 15.6 Å². The van der Waals surface area contributed by atoms with E-state index in [0.717, 1.165) is 6.07 Å². The van der Waals surface area contributed by atoms with Crippen molar-refractivity contribution in [3.05, 3.63) is 23.8 Å². The number of benzene rings is 1. The van der Waals surface area contributed by atoms with Gasteiger partial charge in [-0.15, -0.1) is 10.2 Å². The van der Waals surface area contributed by atoms with Gasteiger partial charge in [0.25, 0.3) is 0 Å². The van der Waals surface area contributed by atoms with E-state index >= 15 is 0 Å². The Labute approximate surface area is 100 Å². The molecule has 5 nitrogen and oxygen atoms in total. The van der Waals surface area contributed by atoms with Crippen LogP contribution >= 0.6 is 0 Å². The van der Waals surface area contributed by atoms with Crippen LogP contribution in [0.25, 0.3) is 0 Å². The predicted molar refractivity (Wildman–Crippen MR) is 56.0 cm³/mol. The van der Waals surface area contributed by atoms with Crippen LogP contribution in [-0.4, -0.2) is 24.5 Å². The fourth-order valence-electron chi connectivity index (χ4n) is 1.51. The Balaban J connectivity index is 2.32. The van der Waals surface area contributed by atoms with E-state index in [-0.39, 0.29) is 30.2 Å². The Morgan fingerprint density at radius 1 is 1.28 bits per heavy atom. The lowest BCUT2D eigenvalue weighted by Crippen LogP contribution is -2.30. The average Bonchev–Trinajstić information content (AvgIpc) is 3.05. The molecule has 0 aromatic heterocycles. The molecule has 0 bridgehead atoms. The molecule has 0 aliphatic carbocycles. The molecule has 0 radical (unpaired) electrons. The molecule has 1 aromatic carbocycles. The Bertz CT molecular complexity index is 482. The minimum Gasteiger partial charge on any atom is -0.491 e. The summed E-state index contributed by atoms with van der Waals surface area (Å²) in [6.45, 7) is -0.278. The monoisotopic (exact) mass is 261 g/mol. The highest BCUT2D eigenvalue weighted by molar-refractivity contribution is 5.50. The summed E-state index contributed by atoms with van der Waals surface area (Å²) in [7, 11) is 0. The van der Waals surface area contributed by atoms with Gasteiger partial charge in [-0.3, -0.25) is 0 Å². The molecule has 18 heavy (non-hydrogen) atoms. The number of halogens is 3. The van der Waals surface area contributed by atoms with Gasteiger partial charge in [0.2, 0.25) is 0 Å². The molecule has 0 saturated heterocycles. The van der Waals surface area contributed by atoms with Gasteiger partial charge in [0, 0.05) is 17.3 Å². The first-order valence-electron chi connectivity index (χ1n) is 5.04. The second kappa shape index (κ2) is 4.13. The first-order valence-corrected chi connectivity index (χ1v) is 5.04. The van der Waals surface area contributed by atoms with Crippen molar-refractivity contribution in [3.8, 4) is 5.75 Å². The van der Waals surface area contributed by atoms with Crippen molar-refractivity contribution >= 4 is 5.69 Å². The van der Waals surface area contributed by atoms with Gasteiger partial charge in [-0.2, -0.15) is 13.2 Å². The summed E-state index contributed by atoms with van der Waals surface area (Å²) in [6, 6.07) is 3.68. The van der Waals surface area contributed by atoms with E-state index in [9.17, 15) is 13.2 Å². The summed E-state index contributed by atoms with van der Waals surface area (Å²) < 4.78 is 43.4. The molecule has 2 rings (SSSR count). The molecular formula is C10H10F3N3O2. The van der Waals surface area contributed by atoms with Crippen molar-refractivity contribution in [3.63, 3.8) is 0 Å². The Morgan fingerprint density at radius 2 is 1.94 bits per heavy atom. The topological polar surface area (TPSA) is 80.2 Å². The van der Waals surface area contributed by atoms with Crippen molar-refractivity contribution in [2.75, 3.05) is 18.9 Å². The van der Waals surface area contributed by atoms with Gasteiger partial charge < -0.3 is 15.6 Å². The molecule has 98 valence electrons. The molecular weight excluding hydrogens is 251 g/mol. The molecule has 0 spiro atoms. The third-order valence-electron chi connectivity index (χ3n) is 2.39. The van der Waals surface area contributed by atoms with Crippen molar-refractivity contribution < 1.29 is 23.0 Å². The highest BCUT2D eigenvalue weighted by Crippen LogP contribution is 2.53. The highest BCUT2D eigenvalue weighted by Gasteiger charge is 2.65. The molecule has 0 amide bonds. The minimum atomic E-state index is -4.60. The van der Waals surface area contributed by atoms with Crippen LogP contribution in [-0.2, 0) is 5.66 Å². The van der Waals surface area contributed by atoms with Gasteiger partial charge in [0.1, 0.15) is 12.4 Å². The van der Waals surface area contributed by atoms with Gasteiger partial charge in [-0.25, -0.2) is 0 Å². The van der Waals surface area contributed by atoms with E-state index < -0.39 is 11.8 Å². The molecule has 3 N–H and O–H groups in total. The van der Waals surface area contributed by atoms with Crippen LogP contribution in [0.2, 0.25) is 0 Å². The summed E-state index contributed by atoms with van der Waals surface area (Å²) >= 11 is 0. The zero-order chi connectivity index (χ0) is 13.4. The van der Waals surface area contributed by atoms with Crippen LogP contribution in [0.15, 0.2) is 28.4 Å². The minimum absolute atomic E-state index is 0.0316. The summed E-state index contributed by atoms with van der Waals surface area (Å²) in [5, 5.41) is 14.7. The zero-order valence-electron chi connectivity index (χ0n) is 9.11. The van der Waals surface area contributed by atoms with Crippen molar-refractivity contribution in [1.82, 2.24) is 0 Å². The number of anilines is 1. The van der Waals surface area contributed by atoms with Crippen LogP contribution in [0.3, 0.4) is 0 Å². The second-order valence-electron chi connectivity index (χ2n) is 3.73. The maximum Gasteiger partial charge on any atom is 0.442 e. The molecule has 1 aliphatic rings. The molecule has 1 aromatic rings. The number of hydrogen-bond acceptors (Lipinski definition) is 5. The Morgan fingerprint density at radius 3 is 2.44 bits per heavy atom. The lowest BCUT2D eigenvalue weighted by Gasteiger charge is -2.16. The fraction of sp³-hybridized carbons (Fsp3) is 0.400. The lowest BCUT2D eigenvalue weighted by molar-refractivity contribution is -0.166. The van der Waals surface area contributed by atoms with Crippen molar-refractivity contribution in [2.24, 2.45) is 10.2 Å². The molecule has 1 aliphatic heterocycles. The third kappa shape index (κ3) is 2.10. The number of nitrogens with two attached hydrogens (primary N) is 1. The molecule has 0 atom stereocenters. The van der Waals surface area contributed by atoms with Gasteiger partial charge in [0.05, 0.1) is 6.61 Å². The highest BCUT2D eigenvalue weighted by atomic mass is 19.4.